The maximum Gasteiger partial charge on any atom is 0.227 e. The first-order chi connectivity index (χ1) is 27.2. The van der Waals surface area contributed by atoms with Crippen LogP contribution < -0.4 is 0 Å². The van der Waals surface area contributed by atoms with E-state index in [1.54, 1.807) is 22.7 Å². The Labute approximate surface area is 321 Å². The van der Waals surface area contributed by atoms with Crippen LogP contribution in [0, 0.1) is 0 Å². The van der Waals surface area contributed by atoms with Crippen LogP contribution in [-0.2, 0) is 0 Å². The maximum atomic E-state index is 6.58. The molecule has 0 spiro atoms. The van der Waals surface area contributed by atoms with Gasteiger partial charge in [-0.25, -0.2) is 19.9 Å². The van der Waals surface area contributed by atoms with E-state index in [-0.39, 0.29) is 0 Å². The summed E-state index contributed by atoms with van der Waals surface area (Å²) in [4.78, 5) is 20.7. The zero-order valence-electron chi connectivity index (χ0n) is 29.0. The van der Waals surface area contributed by atoms with Crippen molar-refractivity contribution >= 4 is 95.7 Å². The van der Waals surface area contributed by atoms with Gasteiger partial charge in [0.15, 0.2) is 23.1 Å². The lowest BCUT2D eigenvalue weighted by molar-refractivity contribution is 0.623. The fraction of sp³-hybridized carbons (Fsp3) is 0. The van der Waals surface area contributed by atoms with Gasteiger partial charge < -0.3 is 4.42 Å². The van der Waals surface area contributed by atoms with Gasteiger partial charge in [0, 0.05) is 62.6 Å². The van der Waals surface area contributed by atoms with Crippen LogP contribution in [0.3, 0.4) is 0 Å². The van der Waals surface area contributed by atoms with Crippen LogP contribution >= 0.6 is 22.7 Å². The summed E-state index contributed by atoms with van der Waals surface area (Å²) in [7, 11) is 0. The summed E-state index contributed by atoms with van der Waals surface area (Å²) in [5.41, 5.74) is 5.49. The van der Waals surface area contributed by atoms with Gasteiger partial charge in [-0.05, 0) is 70.1 Å². The van der Waals surface area contributed by atoms with Crippen molar-refractivity contribution in [3.63, 3.8) is 0 Å². The molecule has 0 saturated heterocycles. The summed E-state index contributed by atoms with van der Waals surface area (Å²) >= 11 is 3.56. The molecule has 0 unspecified atom stereocenters. The molecule has 256 valence electrons. The number of fused-ring (bicyclic) bond motifs is 11. The summed E-state index contributed by atoms with van der Waals surface area (Å²) < 4.78 is 11.3. The van der Waals surface area contributed by atoms with Gasteiger partial charge in [0.05, 0.1) is 0 Å². The SMILES string of the molecule is c1ccc(-c2nc3ccc4sc5ccc6ccc(-c7nc(-c8cccc9ccccc89)nc(-c8cccc9c8sc8ccccc89)n7)cc6c5c4c3o2)cc1. The van der Waals surface area contributed by atoms with Gasteiger partial charge in [-0.1, -0.05) is 109 Å². The largest absolute Gasteiger partial charge is 0.435 e. The predicted octanol–water partition coefficient (Wildman–Crippen LogP) is 13.7. The second-order valence-electron chi connectivity index (χ2n) is 13.8. The van der Waals surface area contributed by atoms with E-state index in [2.05, 4.69) is 127 Å². The van der Waals surface area contributed by atoms with Gasteiger partial charge in [0.2, 0.25) is 5.89 Å². The van der Waals surface area contributed by atoms with Crippen molar-refractivity contribution in [2.75, 3.05) is 0 Å². The zero-order valence-corrected chi connectivity index (χ0v) is 30.7. The van der Waals surface area contributed by atoms with Gasteiger partial charge in [-0.3, -0.25) is 0 Å². The minimum Gasteiger partial charge on any atom is -0.435 e. The van der Waals surface area contributed by atoms with E-state index in [0.29, 0.717) is 23.4 Å². The van der Waals surface area contributed by atoms with E-state index in [0.717, 1.165) is 70.4 Å². The molecular weight excluding hydrogens is 713 g/mol. The smallest absolute Gasteiger partial charge is 0.227 e. The molecule has 0 aliphatic heterocycles. The van der Waals surface area contributed by atoms with E-state index in [9.17, 15) is 0 Å². The lowest BCUT2D eigenvalue weighted by Crippen LogP contribution is -2.00. The normalized spacial score (nSPS) is 12.0. The van der Waals surface area contributed by atoms with E-state index >= 15 is 0 Å². The summed E-state index contributed by atoms with van der Waals surface area (Å²) in [6, 6.07) is 55.0. The Morgan fingerprint density at radius 2 is 1.07 bits per heavy atom. The lowest BCUT2D eigenvalue weighted by atomic mass is 10.0. The highest BCUT2D eigenvalue weighted by Gasteiger charge is 2.20. The monoisotopic (exact) mass is 738 g/mol. The topological polar surface area (TPSA) is 64.7 Å². The lowest BCUT2D eigenvalue weighted by Gasteiger charge is -2.11. The van der Waals surface area contributed by atoms with Crippen molar-refractivity contribution in [3.05, 3.63) is 158 Å². The average molecular weight is 739 g/mol. The molecule has 4 aromatic heterocycles. The Balaban J connectivity index is 1.12. The molecule has 0 amide bonds. The van der Waals surface area contributed by atoms with Crippen molar-refractivity contribution in [3.8, 4) is 45.6 Å². The van der Waals surface area contributed by atoms with E-state index in [4.69, 9.17) is 24.4 Å². The number of aromatic nitrogens is 4. The molecule has 12 rings (SSSR count). The summed E-state index contributed by atoms with van der Waals surface area (Å²) in [5.74, 6) is 2.54. The zero-order chi connectivity index (χ0) is 36.0. The van der Waals surface area contributed by atoms with Crippen molar-refractivity contribution < 1.29 is 4.42 Å². The highest BCUT2D eigenvalue weighted by Crippen LogP contribution is 2.44. The number of thiophene rings is 2. The third kappa shape index (κ3) is 4.77. The molecule has 55 heavy (non-hydrogen) atoms. The summed E-state index contributed by atoms with van der Waals surface area (Å²) in [6.07, 6.45) is 0. The molecular formula is C48H26N4OS2. The number of rotatable bonds is 4. The first-order valence-corrected chi connectivity index (χ1v) is 19.8. The number of benzene rings is 8. The quantitative estimate of drug-likeness (QED) is 0.180. The Morgan fingerprint density at radius 3 is 2.00 bits per heavy atom. The summed E-state index contributed by atoms with van der Waals surface area (Å²) in [5, 5.41) is 9.18. The van der Waals surface area contributed by atoms with Gasteiger partial charge in [-0.15, -0.1) is 22.7 Å². The van der Waals surface area contributed by atoms with Crippen LogP contribution in [0.25, 0.3) is 119 Å². The molecule has 4 heterocycles. The molecule has 0 saturated carbocycles. The van der Waals surface area contributed by atoms with E-state index in [1.165, 1.54) is 24.9 Å². The molecule has 0 aliphatic carbocycles. The van der Waals surface area contributed by atoms with Crippen LogP contribution in [0.15, 0.2) is 162 Å². The van der Waals surface area contributed by atoms with Crippen molar-refractivity contribution in [2.45, 2.75) is 0 Å². The summed E-state index contributed by atoms with van der Waals surface area (Å²) in [6.45, 7) is 0. The first kappa shape index (κ1) is 30.6. The second kappa shape index (κ2) is 11.9. The van der Waals surface area contributed by atoms with Crippen LogP contribution in [0.5, 0.6) is 0 Å². The van der Waals surface area contributed by atoms with Gasteiger partial charge in [0.1, 0.15) is 5.52 Å². The molecule has 0 bridgehead atoms. The predicted molar refractivity (Wildman–Crippen MR) is 230 cm³/mol. The second-order valence-corrected chi connectivity index (χ2v) is 15.9. The van der Waals surface area contributed by atoms with Gasteiger partial charge >= 0.3 is 0 Å². The van der Waals surface area contributed by atoms with E-state index in [1.807, 2.05) is 30.3 Å². The van der Waals surface area contributed by atoms with E-state index < -0.39 is 0 Å². The van der Waals surface area contributed by atoms with Crippen LogP contribution in [0.2, 0.25) is 0 Å². The third-order valence-electron chi connectivity index (χ3n) is 10.6. The highest BCUT2D eigenvalue weighted by molar-refractivity contribution is 7.26. The van der Waals surface area contributed by atoms with Gasteiger partial charge in [0.25, 0.3) is 0 Å². The van der Waals surface area contributed by atoms with Gasteiger partial charge in [-0.2, -0.15) is 0 Å². The standard InChI is InChI=1S/C48H26N4OS2/c1-2-11-29(12-3-1)48-49-37-23-25-40-42(43(37)53-48)41-36-26-30(21-20-28(36)22-24-39(41)54-40)45-50-46(34-17-8-13-27-10-4-5-14-31(27)34)52-47(51-45)35-18-9-16-33-32-15-6-7-19-38(32)55-44(33)35/h1-26H. The van der Waals surface area contributed by atoms with Crippen molar-refractivity contribution in [1.29, 1.82) is 0 Å². The van der Waals surface area contributed by atoms with Crippen molar-refractivity contribution in [1.82, 2.24) is 19.9 Å². The number of oxazole rings is 1. The number of hydrogen-bond donors (Lipinski definition) is 0. The Hall–Kier alpha value is -6.80. The fourth-order valence-corrected chi connectivity index (χ4v) is 10.3. The van der Waals surface area contributed by atoms with Crippen molar-refractivity contribution in [2.24, 2.45) is 0 Å². The highest BCUT2D eigenvalue weighted by atomic mass is 32.1. The molecule has 5 nitrogen and oxygen atoms in total. The van der Waals surface area contributed by atoms with Crippen LogP contribution in [-0.4, -0.2) is 19.9 Å². The minimum atomic E-state index is 0.621. The molecule has 8 aromatic carbocycles. The molecule has 0 aliphatic rings. The molecule has 0 atom stereocenters. The molecule has 7 heteroatoms. The van der Waals surface area contributed by atoms with Crippen LogP contribution in [0.4, 0.5) is 0 Å². The van der Waals surface area contributed by atoms with Crippen LogP contribution in [0.1, 0.15) is 0 Å². The first-order valence-electron chi connectivity index (χ1n) is 18.1. The number of hydrogen-bond acceptors (Lipinski definition) is 7. The fourth-order valence-electron chi connectivity index (χ4n) is 7.99. The Morgan fingerprint density at radius 1 is 0.400 bits per heavy atom. The Kier molecular flexibility index (Phi) is 6.60. The number of nitrogens with zero attached hydrogens (tertiary/aromatic N) is 4. The Bertz CT molecular complexity index is 3500. The maximum absolute atomic E-state index is 6.58. The molecule has 0 radical (unpaired) electrons. The third-order valence-corrected chi connectivity index (χ3v) is 12.9. The molecule has 12 aromatic rings. The molecule has 0 N–H and O–H groups in total. The average Bonchev–Trinajstić information content (AvgIpc) is 3.97. The minimum absolute atomic E-state index is 0.621. The molecule has 0 fully saturated rings.